The SMILES string of the molecule is CC(C)c1ccccc1NC(=O)CSc1nnc(-c2ccncc2)n1C1CC1. The molecule has 1 aliphatic rings. The summed E-state index contributed by atoms with van der Waals surface area (Å²) < 4.78 is 2.16. The molecule has 0 spiro atoms. The summed E-state index contributed by atoms with van der Waals surface area (Å²) in [5.74, 6) is 1.46. The highest BCUT2D eigenvalue weighted by molar-refractivity contribution is 7.99. The zero-order valence-electron chi connectivity index (χ0n) is 16.0. The third kappa shape index (κ3) is 4.09. The Morgan fingerprint density at radius 3 is 2.64 bits per heavy atom. The van der Waals surface area contributed by atoms with Crippen LogP contribution in [0.3, 0.4) is 0 Å². The van der Waals surface area contributed by atoms with Gasteiger partial charge in [0.1, 0.15) is 0 Å². The fourth-order valence-corrected chi connectivity index (χ4v) is 3.97. The first-order chi connectivity index (χ1) is 13.6. The maximum Gasteiger partial charge on any atom is 0.234 e. The fraction of sp³-hybridized carbons (Fsp3) is 0.333. The predicted molar refractivity (Wildman–Crippen MR) is 111 cm³/mol. The highest BCUT2D eigenvalue weighted by Gasteiger charge is 2.30. The van der Waals surface area contributed by atoms with Gasteiger partial charge in [0, 0.05) is 29.7 Å². The van der Waals surface area contributed by atoms with Crippen LogP contribution in [0.4, 0.5) is 5.69 Å². The molecule has 1 saturated carbocycles. The van der Waals surface area contributed by atoms with Crippen molar-refractivity contribution >= 4 is 23.4 Å². The summed E-state index contributed by atoms with van der Waals surface area (Å²) in [6.07, 6.45) is 5.76. The van der Waals surface area contributed by atoms with Gasteiger partial charge >= 0.3 is 0 Å². The van der Waals surface area contributed by atoms with E-state index < -0.39 is 0 Å². The highest BCUT2D eigenvalue weighted by atomic mass is 32.2. The minimum Gasteiger partial charge on any atom is -0.325 e. The minimum absolute atomic E-state index is 0.0334. The van der Waals surface area contributed by atoms with Crippen molar-refractivity contribution in [3.05, 3.63) is 54.4 Å². The van der Waals surface area contributed by atoms with Gasteiger partial charge in [-0.25, -0.2) is 0 Å². The fourth-order valence-electron chi connectivity index (χ4n) is 3.17. The van der Waals surface area contributed by atoms with Crippen LogP contribution in [0.2, 0.25) is 0 Å². The molecule has 0 radical (unpaired) electrons. The van der Waals surface area contributed by atoms with E-state index in [9.17, 15) is 4.79 Å². The Morgan fingerprint density at radius 1 is 1.18 bits per heavy atom. The number of anilines is 1. The van der Waals surface area contributed by atoms with Crippen molar-refractivity contribution in [3.8, 4) is 11.4 Å². The quantitative estimate of drug-likeness (QED) is 0.597. The van der Waals surface area contributed by atoms with Gasteiger partial charge < -0.3 is 5.32 Å². The van der Waals surface area contributed by atoms with Crippen LogP contribution < -0.4 is 5.32 Å². The Labute approximate surface area is 168 Å². The second-order valence-electron chi connectivity index (χ2n) is 7.22. The van der Waals surface area contributed by atoms with Gasteiger partial charge in [0.05, 0.1) is 5.75 Å². The Kier molecular flexibility index (Phi) is 5.43. The van der Waals surface area contributed by atoms with Gasteiger partial charge in [-0.2, -0.15) is 0 Å². The average molecular weight is 394 g/mol. The number of para-hydroxylation sites is 1. The average Bonchev–Trinajstić information content (AvgIpc) is 3.46. The molecule has 4 rings (SSSR count). The Balaban J connectivity index is 1.47. The lowest BCUT2D eigenvalue weighted by Gasteiger charge is -2.13. The number of pyridine rings is 1. The predicted octanol–water partition coefficient (Wildman–Crippen LogP) is 4.53. The molecule has 6 nitrogen and oxygen atoms in total. The molecule has 1 amide bonds. The zero-order valence-corrected chi connectivity index (χ0v) is 16.8. The van der Waals surface area contributed by atoms with E-state index >= 15 is 0 Å². The number of carbonyl (C=O) groups excluding carboxylic acids is 1. The molecule has 0 bridgehead atoms. The van der Waals surface area contributed by atoms with Crippen LogP contribution in [0, 0.1) is 0 Å². The van der Waals surface area contributed by atoms with Crippen LogP contribution in [-0.2, 0) is 4.79 Å². The second kappa shape index (κ2) is 8.14. The molecule has 3 aromatic rings. The van der Waals surface area contributed by atoms with Crippen molar-refractivity contribution < 1.29 is 4.79 Å². The van der Waals surface area contributed by atoms with E-state index in [1.807, 2.05) is 30.3 Å². The van der Waals surface area contributed by atoms with Gasteiger partial charge in [-0.1, -0.05) is 43.8 Å². The number of aromatic nitrogens is 4. The van der Waals surface area contributed by atoms with Crippen LogP contribution in [0.25, 0.3) is 11.4 Å². The van der Waals surface area contributed by atoms with Crippen molar-refractivity contribution in [1.29, 1.82) is 0 Å². The molecule has 1 aliphatic carbocycles. The van der Waals surface area contributed by atoms with Crippen LogP contribution in [0.15, 0.2) is 53.9 Å². The van der Waals surface area contributed by atoms with E-state index in [0.717, 1.165) is 40.6 Å². The van der Waals surface area contributed by atoms with Crippen molar-refractivity contribution in [2.75, 3.05) is 11.1 Å². The molecule has 0 aliphatic heterocycles. The Morgan fingerprint density at radius 2 is 1.93 bits per heavy atom. The van der Waals surface area contributed by atoms with Gasteiger partial charge in [-0.3, -0.25) is 14.3 Å². The number of nitrogens with one attached hydrogen (secondary N) is 1. The van der Waals surface area contributed by atoms with Gasteiger partial charge in [-0.15, -0.1) is 10.2 Å². The van der Waals surface area contributed by atoms with Crippen molar-refractivity contribution in [2.45, 2.75) is 43.8 Å². The number of amides is 1. The molecule has 1 N–H and O–H groups in total. The van der Waals surface area contributed by atoms with Crippen molar-refractivity contribution in [1.82, 2.24) is 19.7 Å². The second-order valence-corrected chi connectivity index (χ2v) is 8.16. The normalized spacial score (nSPS) is 13.7. The maximum atomic E-state index is 12.5. The monoisotopic (exact) mass is 393 g/mol. The van der Waals surface area contributed by atoms with Gasteiger partial charge in [0.15, 0.2) is 11.0 Å². The highest BCUT2D eigenvalue weighted by Crippen LogP contribution is 2.41. The molecule has 0 saturated heterocycles. The molecule has 1 fully saturated rings. The van der Waals surface area contributed by atoms with Crippen molar-refractivity contribution in [2.24, 2.45) is 0 Å². The lowest BCUT2D eigenvalue weighted by molar-refractivity contribution is -0.113. The van der Waals surface area contributed by atoms with Gasteiger partial charge in [0.25, 0.3) is 0 Å². The number of nitrogens with zero attached hydrogens (tertiary/aromatic N) is 4. The molecular formula is C21H23N5OS. The molecule has 2 aromatic heterocycles. The lowest BCUT2D eigenvalue weighted by atomic mass is 10.0. The minimum atomic E-state index is -0.0334. The van der Waals surface area contributed by atoms with E-state index in [4.69, 9.17) is 0 Å². The first-order valence-electron chi connectivity index (χ1n) is 9.50. The van der Waals surface area contributed by atoms with E-state index in [-0.39, 0.29) is 5.91 Å². The standard InChI is InChI=1S/C21H23N5OS/c1-14(2)17-5-3-4-6-18(17)23-19(27)13-28-21-25-24-20(26(21)16-7-8-16)15-9-11-22-12-10-15/h3-6,9-12,14,16H,7-8,13H2,1-2H3,(H,23,27). The number of benzene rings is 1. The summed E-state index contributed by atoms with van der Waals surface area (Å²) in [6, 6.07) is 12.2. The topological polar surface area (TPSA) is 72.7 Å². The first-order valence-corrected chi connectivity index (χ1v) is 10.5. The van der Waals surface area contributed by atoms with Crippen LogP contribution in [0.1, 0.15) is 44.2 Å². The summed E-state index contributed by atoms with van der Waals surface area (Å²) in [6.45, 7) is 4.25. The van der Waals surface area contributed by atoms with Crippen LogP contribution in [0.5, 0.6) is 0 Å². The summed E-state index contributed by atoms with van der Waals surface area (Å²) >= 11 is 1.43. The molecule has 28 heavy (non-hydrogen) atoms. The number of rotatable bonds is 7. The number of thioether (sulfide) groups is 1. The number of hydrogen-bond acceptors (Lipinski definition) is 5. The van der Waals surface area contributed by atoms with E-state index in [1.165, 1.54) is 11.8 Å². The molecule has 1 aromatic carbocycles. The molecular weight excluding hydrogens is 370 g/mol. The largest absolute Gasteiger partial charge is 0.325 e. The van der Waals surface area contributed by atoms with E-state index in [2.05, 4.69) is 45.0 Å². The molecule has 0 unspecified atom stereocenters. The summed E-state index contributed by atoms with van der Waals surface area (Å²) in [5.41, 5.74) is 3.02. The van der Waals surface area contributed by atoms with Crippen LogP contribution >= 0.6 is 11.8 Å². The smallest absolute Gasteiger partial charge is 0.234 e. The number of hydrogen-bond donors (Lipinski definition) is 1. The van der Waals surface area contributed by atoms with E-state index in [1.54, 1.807) is 12.4 Å². The van der Waals surface area contributed by atoms with Gasteiger partial charge in [-0.05, 0) is 42.5 Å². The Bertz CT molecular complexity index is 966. The molecule has 7 heteroatoms. The Hall–Kier alpha value is -2.67. The maximum absolute atomic E-state index is 12.5. The van der Waals surface area contributed by atoms with E-state index in [0.29, 0.717) is 17.7 Å². The summed E-state index contributed by atoms with van der Waals surface area (Å²) in [4.78, 5) is 16.6. The summed E-state index contributed by atoms with van der Waals surface area (Å²) in [5, 5.41) is 12.6. The lowest BCUT2D eigenvalue weighted by Crippen LogP contribution is -2.16. The number of carbonyl (C=O) groups is 1. The first kappa shape index (κ1) is 18.7. The molecule has 144 valence electrons. The molecule has 2 heterocycles. The third-order valence-corrected chi connectivity index (χ3v) is 5.65. The molecule has 0 atom stereocenters. The third-order valence-electron chi connectivity index (χ3n) is 4.70. The zero-order chi connectivity index (χ0) is 19.5. The summed E-state index contributed by atoms with van der Waals surface area (Å²) in [7, 11) is 0. The van der Waals surface area contributed by atoms with Gasteiger partial charge in [0.2, 0.25) is 5.91 Å². The van der Waals surface area contributed by atoms with Crippen LogP contribution in [-0.4, -0.2) is 31.4 Å². The van der Waals surface area contributed by atoms with Crippen molar-refractivity contribution in [3.63, 3.8) is 0 Å².